The molecule has 2 aromatic rings. The van der Waals surface area contributed by atoms with Gasteiger partial charge in [0.2, 0.25) is 0 Å². The maximum absolute atomic E-state index is 10.4. The van der Waals surface area contributed by atoms with E-state index in [1.807, 2.05) is 52.0 Å². The van der Waals surface area contributed by atoms with Crippen LogP contribution in [0.15, 0.2) is 28.7 Å². The molecule has 16 heavy (non-hydrogen) atoms. The van der Waals surface area contributed by atoms with Gasteiger partial charge in [-0.1, -0.05) is 39.0 Å². The number of aliphatic hydroxyl groups excluding tert-OH is 1. The summed E-state index contributed by atoms with van der Waals surface area (Å²) in [5.74, 6) is 0.809. The van der Waals surface area contributed by atoms with Crippen molar-refractivity contribution in [2.45, 2.75) is 33.8 Å². The molecule has 0 spiro atoms. The molecule has 0 bridgehead atoms. The van der Waals surface area contributed by atoms with E-state index < -0.39 is 6.10 Å². The summed E-state index contributed by atoms with van der Waals surface area (Å²) in [5, 5.41) is 11.4. The first-order chi connectivity index (χ1) is 7.41. The van der Waals surface area contributed by atoms with Crippen LogP contribution < -0.4 is 0 Å². The van der Waals surface area contributed by atoms with Crippen molar-refractivity contribution in [1.29, 1.82) is 0 Å². The number of aliphatic hydroxyl groups is 1. The van der Waals surface area contributed by atoms with Crippen LogP contribution in [0.5, 0.6) is 0 Å². The van der Waals surface area contributed by atoms with Crippen LogP contribution >= 0.6 is 0 Å². The maximum Gasteiger partial charge on any atom is 0.134 e. The highest BCUT2D eigenvalue weighted by molar-refractivity contribution is 5.82. The highest BCUT2D eigenvalue weighted by Crippen LogP contribution is 2.39. The first kappa shape index (κ1) is 11.2. The summed E-state index contributed by atoms with van der Waals surface area (Å²) in [6, 6.07) is 7.84. The fraction of sp³-hybridized carbons (Fsp3) is 0.429. The third-order valence-electron chi connectivity index (χ3n) is 2.91. The van der Waals surface area contributed by atoms with E-state index in [4.69, 9.17) is 4.42 Å². The molecule has 0 aliphatic rings. The summed E-state index contributed by atoms with van der Waals surface area (Å²) in [6.45, 7) is 7.99. The van der Waals surface area contributed by atoms with Crippen LogP contribution in [-0.2, 0) is 0 Å². The Balaban J connectivity index is 2.64. The van der Waals surface area contributed by atoms with E-state index in [1.54, 1.807) is 0 Å². The second-order valence-electron chi connectivity index (χ2n) is 5.34. The quantitative estimate of drug-likeness (QED) is 0.789. The predicted molar refractivity (Wildman–Crippen MR) is 65.4 cm³/mol. The molecule has 0 fully saturated rings. The van der Waals surface area contributed by atoms with Crippen LogP contribution in [0.1, 0.15) is 38.2 Å². The van der Waals surface area contributed by atoms with Crippen molar-refractivity contribution in [1.82, 2.24) is 0 Å². The number of benzene rings is 1. The Kier molecular flexibility index (Phi) is 2.55. The molecule has 1 unspecified atom stereocenters. The number of rotatable bonds is 1. The lowest BCUT2D eigenvalue weighted by Gasteiger charge is -2.25. The standard InChI is InChI=1S/C14H18O2/c1-9-12(13(15)14(2,3)4)10-7-5-6-8-11(10)16-9/h5-8,13,15H,1-4H3. The van der Waals surface area contributed by atoms with Crippen LogP contribution in [0.3, 0.4) is 0 Å². The number of aryl methyl sites for hydroxylation is 1. The van der Waals surface area contributed by atoms with Crippen molar-refractivity contribution in [3.05, 3.63) is 35.6 Å². The summed E-state index contributed by atoms with van der Waals surface area (Å²) < 4.78 is 5.66. The molecule has 1 N–H and O–H groups in total. The third kappa shape index (κ3) is 1.74. The first-order valence-corrected chi connectivity index (χ1v) is 5.57. The molecule has 0 amide bonds. The Morgan fingerprint density at radius 2 is 1.81 bits per heavy atom. The molecule has 0 aliphatic carbocycles. The van der Waals surface area contributed by atoms with Crippen LogP contribution in [0.2, 0.25) is 0 Å². The van der Waals surface area contributed by atoms with Gasteiger partial charge in [-0.3, -0.25) is 0 Å². The average molecular weight is 218 g/mol. The molecule has 86 valence electrons. The Morgan fingerprint density at radius 3 is 2.44 bits per heavy atom. The molecule has 2 rings (SSSR count). The van der Waals surface area contributed by atoms with Crippen molar-refractivity contribution in [3.8, 4) is 0 Å². The van der Waals surface area contributed by atoms with Gasteiger partial charge in [-0.2, -0.15) is 0 Å². The molecule has 2 heteroatoms. The van der Waals surface area contributed by atoms with Gasteiger partial charge in [0.15, 0.2) is 0 Å². The fourth-order valence-corrected chi connectivity index (χ4v) is 1.96. The third-order valence-corrected chi connectivity index (χ3v) is 2.91. The summed E-state index contributed by atoms with van der Waals surface area (Å²) >= 11 is 0. The second-order valence-corrected chi connectivity index (χ2v) is 5.34. The van der Waals surface area contributed by atoms with Gasteiger partial charge in [-0.05, 0) is 18.4 Å². The predicted octanol–water partition coefficient (Wildman–Crippen LogP) is 3.82. The number of furan rings is 1. The van der Waals surface area contributed by atoms with Crippen molar-refractivity contribution in [2.75, 3.05) is 0 Å². The average Bonchev–Trinajstić information content (AvgIpc) is 2.51. The Bertz CT molecular complexity index is 503. The van der Waals surface area contributed by atoms with Gasteiger partial charge in [-0.25, -0.2) is 0 Å². The minimum atomic E-state index is -0.504. The largest absolute Gasteiger partial charge is 0.461 e. The van der Waals surface area contributed by atoms with Gasteiger partial charge in [0.25, 0.3) is 0 Å². The molecule has 0 radical (unpaired) electrons. The van der Waals surface area contributed by atoms with Crippen molar-refractivity contribution < 1.29 is 9.52 Å². The highest BCUT2D eigenvalue weighted by atomic mass is 16.3. The van der Waals surface area contributed by atoms with Crippen LogP contribution in [0.25, 0.3) is 11.0 Å². The van der Waals surface area contributed by atoms with Gasteiger partial charge in [0.05, 0.1) is 6.10 Å². The topological polar surface area (TPSA) is 33.4 Å². The van der Waals surface area contributed by atoms with Gasteiger partial charge >= 0.3 is 0 Å². The van der Waals surface area contributed by atoms with E-state index in [-0.39, 0.29) is 5.41 Å². The van der Waals surface area contributed by atoms with Crippen molar-refractivity contribution in [2.24, 2.45) is 5.41 Å². The lowest BCUT2D eigenvalue weighted by Crippen LogP contribution is -2.18. The van der Waals surface area contributed by atoms with E-state index in [0.29, 0.717) is 0 Å². The van der Waals surface area contributed by atoms with Crippen LogP contribution in [0.4, 0.5) is 0 Å². The number of hydrogen-bond donors (Lipinski definition) is 1. The zero-order valence-electron chi connectivity index (χ0n) is 10.2. The zero-order chi connectivity index (χ0) is 11.9. The van der Waals surface area contributed by atoms with E-state index in [1.165, 1.54) is 0 Å². The van der Waals surface area contributed by atoms with Gasteiger partial charge in [0, 0.05) is 10.9 Å². The van der Waals surface area contributed by atoms with E-state index in [2.05, 4.69) is 0 Å². The lowest BCUT2D eigenvalue weighted by molar-refractivity contribution is 0.0624. The minimum Gasteiger partial charge on any atom is -0.461 e. The normalized spacial score (nSPS) is 14.3. The van der Waals surface area contributed by atoms with E-state index in [9.17, 15) is 5.11 Å². The van der Waals surface area contributed by atoms with E-state index >= 15 is 0 Å². The van der Waals surface area contributed by atoms with Crippen LogP contribution in [0, 0.1) is 12.3 Å². The monoisotopic (exact) mass is 218 g/mol. The smallest absolute Gasteiger partial charge is 0.134 e. The summed E-state index contributed by atoms with van der Waals surface area (Å²) in [4.78, 5) is 0. The van der Waals surface area contributed by atoms with Crippen LogP contribution in [-0.4, -0.2) is 5.11 Å². The summed E-state index contributed by atoms with van der Waals surface area (Å²) in [6.07, 6.45) is -0.504. The molecular formula is C14H18O2. The maximum atomic E-state index is 10.4. The number of hydrogen-bond acceptors (Lipinski definition) is 2. The lowest BCUT2D eigenvalue weighted by atomic mass is 9.84. The summed E-state index contributed by atoms with van der Waals surface area (Å²) in [7, 11) is 0. The molecule has 1 heterocycles. The molecule has 0 saturated carbocycles. The Labute approximate surface area is 95.9 Å². The Morgan fingerprint density at radius 1 is 1.19 bits per heavy atom. The molecule has 0 aliphatic heterocycles. The number of para-hydroxylation sites is 1. The second kappa shape index (κ2) is 3.63. The SMILES string of the molecule is Cc1oc2ccccc2c1C(O)C(C)(C)C. The zero-order valence-corrected chi connectivity index (χ0v) is 10.2. The van der Waals surface area contributed by atoms with Crippen molar-refractivity contribution in [3.63, 3.8) is 0 Å². The molecule has 0 saturated heterocycles. The molecular weight excluding hydrogens is 200 g/mol. The van der Waals surface area contributed by atoms with E-state index in [0.717, 1.165) is 22.3 Å². The molecule has 1 atom stereocenters. The summed E-state index contributed by atoms with van der Waals surface area (Å²) in [5.41, 5.74) is 1.58. The van der Waals surface area contributed by atoms with Gasteiger partial charge < -0.3 is 9.52 Å². The molecule has 1 aromatic carbocycles. The first-order valence-electron chi connectivity index (χ1n) is 5.57. The van der Waals surface area contributed by atoms with Crippen molar-refractivity contribution >= 4 is 11.0 Å². The molecule has 2 nitrogen and oxygen atoms in total. The minimum absolute atomic E-state index is 0.183. The van der Waals surface area contributed by atoms with Gasteiger partial charge in [-0.15, -0.1) is 0 Å². The van der Waals surface area contributed by atoms with Gasteiger partial charge in [0.1, 0.15) is 11.3 Å². The highest BCUT2D eigenvalue weighted by Gasteiger charge is 2.28. The number of fused-ring (bicyclic) bond motifs is 1. The Hall–Kier alpha value is -1.28. The fourth-order valence-electron chi connectivity index (χ4n) is 1.96. The molecule has 1 aromatic heterocycles.